The van der Waals surface area contributed by atoms with E-state index in [1.54, 1.807) is 6.07 Å². The average molecular weight is 755 g/mol. The monoisotopic (exact) mass is 754 g/mol. The number of ether oxygens (including phenoxy) is 2. The normalized spacial score (nSPS) is 18.9. The van der Waals surface area contributed by atoms with Crippen LogP contribution in [0.1, 0.15) is 97.3 Å². The topological polar surface area (TPSA) is 155 Å². The molecule has 3 aromatic carbocycles. The average Bonchev–Trinajstić information content (AvgIpc) is 3.79. The van der Waals surface area contributed by atoms with Crippen molar-refractivity contribution < 1.29 is 29.6 Å². The Morgan fingerprint density at radius 2 is 1.86 bits per heavy atom. The molecule has 7 rings (SSSR count). The molecule has 2 aliphatic rings. The van der Waals surface area contributed by atoms with E-state index in [-0.39, 0.29) is 31.2 Å². The summed E-state index contributed by atoms with van der Waals surface area (Å²) in [5.74, 6) is 9.93. The number of rotatable bonds is 14. The number of Topliss-reactive ketones (excluding diaryl/α,β-unsaturated/α-hetero) is 1. The molecule has 56 heavy (non-hydrogen) atoms. The first-order valence-electron chi connectivity index (χ1n) is 19.6. The Balaban J connectivity index is 1.12. The third-order valence-corrected chi connectivity index (χ3v) is 10.6. The van der Waals surface area contributed by atoms with Crippen LogP contribution < -0.4 is 20.5 Å². The van der Waals surface area contributed by atoms with Gasteiger partial charge in [-0.2, -0.15) is 0 Å². The Morgan fingerprint density at radius 3 is 2.70 bits per heavy atom. The maximum atomic E-state index is 12.8. The molecule has 290 valence electrons. The highest BCUT2D eigenvalue weighted by Gasteiger charge is 2.28. The van der Waals surface area contributed by atoms with Crippen LogP contribution in [0.25, 0.3) is 10.9 Å². The summed E-state index contributed by atoms with van der Waals surface area (Å²) in [5, 5.41) is 36.4. The fraction of sp³-hybridized carbons (Fsp3) is 0.370. The van der Waals surface area contributed by atoms with E-state index < -0.39 is 30.5 Å². The molecule has 0 fully saturated rings. The second kappa shape index (κ2) is 18.1. The van der Waals surface area contributed by atoms with Gasteiger partial charge in [0.25, 0.3) is 0 Å². The number of carbonyl (C=O) groups excluding carboxylic acids is 1. The van der Waals surface area contributed by atoms with Crippen molar-refractivity contribution in [3.05, 3.63) is 119 Å². The highest BCUT2D eigenvalue weighted by molar-refractivity contribution is 5.83. The van der Waals surface area contributed by atoms with Gasteiger partial charge in [-0.05, 0) is 71.2 Å². The van der Waals surface area contributed by atoms with Crippen LogP contribution in [0.2, 0.25) is 0 Å². The second-order valence-electron chi connectivity index (χ2n) is 14.9. The van der Waals surface area contributed by atoms with Gasteiger partial charge in [-0.15, -0.1) is 0 Å². The van der Waals surface area contributed by atoms with Crippen LogP contribution in [0.5, 0.6) is 11.5 Å². The lowest BCUT2D eigenvalue weighted by molar-refractivity contribution is -0.121. The molecule has 10 nitrogen and oxygen atoms in total. The van der Waals surface area contributed by atoms with Gasteiger partial charge in [0.05, 0.1) is 29.8 Å². The SMILES string of the molecule is CCCC(O)CC(O)CC(=O)CCc1ccc2c(c1)OC1C(C#CC(O)c3ccc(C(N)NCCc4ccccc4)cc3Cc3c[nH]c4cn1cc34)CC#CO2. The first-order chi connectivity index (χ1) is 27.2. The molecule has 0 spiro atoms. The largest absolute Gasteiger partial charge is 0.465 e. The Labute approximate surface area is 328 Å². The molecular formula is C46H50N4O6. The van der Waals surface area contributed by atoms with Gasteiger partial charge in [-0.1, -0.05) is 85.7 Å². The molecule has 0 aliphatic carbocycles. The van der Waals surface area contributed by atoms with Crippen LogP contribution in [0.4, 0.5) is 0 Å². The van der Waals surface area contributed by atoms with Crippen molar-refractivity contribution in [2.75, 3.05) is 6.54 Å². The number of hydrogen-bond acceptors (Lipinski definition) is 8. The number of hydrogen-bond donors (Lipinski definition) is 6. The summed E-state index contributed by atoms with van der Waals surface area (Å²) < 4.78 is 14.6. The zero-order chi connectivity index (χ0) is 39.0. The summed E-state index contributed by atoms with van der Waals surface area (Å²) in [6.45, 7) is 2.70. The van der Waals surface area contributed by atoms with Crippen molar-refractivity contribution >= 4 is 16.7 Å². The van der Waals surface area contributed by atoms with Crippen LogP contribution in [0.15, 0.2) is 85.3 Å². The van der Waals surface area contributed by atoms with Crippen LogP contribution >= 0.6 is 0 Å². The quantitative estimate of drug-likeness (QED) is 0.0584. The standard InChI is InChI=1S/C46H50N4O6/c1-2-7-36(51)25-38(53)26-37(52)15-11-31-12-18-43-44(22-31)56-46-32(10-6-21-55-43)14-17-42(54)39-16-13-33(45(47)48-20-19-30-8-4-3-5-9-30)23-34(39)24-35-27-49-41-29-50(46)28-40(35)41/h3-5,8-9,12-13,16,18,22-23,27-29,32,36,38,42,45-46,48-49,51,53-54H,2,7,10-11,15,19-20,24-26,47H2,1H3. The number of aromatic amines is 1. The van der Waals surface area contributed by atoms with Crippen LogP contribution in [0, 0.1) is 29.8 Å². The van der Waals surface area contributed by atoms with E-state index in [2.05, 4.69) is 58.6 Å². The number of aliphatic hydroxyl groups excluding tert-OH is 3. The number of ketones is 1. The summed E-state index contributed by atoms with van der Waals surface area (Å²) >= 11 is 0. The summed E-state index contributed by atoms with van der Waals surface area (Å²) in [5.41, 5.74) is 13.3. The first kappa shape index (κ1) is 38.9. The van der Waals surface area contributed by atoms with Crippen molar-refractivity contribution in [3.63, 3.8) is 0 Å². The summed E-state index contributed by atoms with van der Waals surface area (Å²) in [4.78, 5) is 16.2. The molecule has 10 heteroatoms. The van der Waals surface area contributed by atoms with Gasteiger partial charge in [0.1, 0.15) is 18.0 Å². The molecule has 2 bridgehead atoms. The van der Waals surface area contributed by atoms with E-state index in [1.165, 1.54) is 5.56 Å². The van der Waals surface area contributed by atoms with Gasteiger partial charge in [0, 0.05) is 56.2 Å². The lowest BCUT2D eigenvalue weighted by Gasteiger charge is -2.26. The number of nitrogens with two attached hydrogens (primary N) is 1. The summed E-state index contributed by atoms with van der Waals surface area (Å²) in [7, 11) is 0. The third kappa shape index (κ3) is 9.54. The number of nitrogens with one attached hydrogen (secondary N) is 2. The molecule has 2 aliphatic heterocycles. The fourth-order valence-electron chi connectivity index (χ4n) is 7.55. The third-order valence-electron chi connectivity index (χ3n) is 10.6. The predicted molar refractivity (Wildman–Crippen MR) is 215 cm³/mol. The Hall–Kier alpha value is -5.33. The highest BCUT2D eigenvalue weighted by atomic mass is 16.5. The van der Waals surface area contributed by atoms with E-state index >= 15 is 0 Å². The van der Waals surface area contributed by atoms with Crippen molar-refractivity contribution in [3.8, 4) is 35.4 Å². The van der Waals surface area contributed by atoms with Crippen LogP contribution in [-0.4, -0.2) is 49.4 Å². The molecule has 0 amide bonds. The zero-order valence-corrected chi connectivity index (χ0v) is 31.7. The highest BCUT2D eigenvalue weighted by Crippen LogP contribution is 2.37. The minimum Gasteiger partial charge on any atom is -0.465 e. The Morgan fingerprint density at radius 1 is 1.00 bits per heavy atom. The number of aromatic nitrogens is 2. The minimum absolute atomic E-state index is 0.00350. The van der Waals surface area contributed by atoms with Gasteiger partial charge in [-0.3, -0.25) is 10.1 Å². The van der Waals surface area contributed by atoms with Crippen LogP contribution in [0.3, 0.4) is 0 Å². The maximum absolute atomic E-state index is 12.8. The van der Waals surface area contributed by atoms with Crippen molar-refractivity contribution in [2.45, 2.75) is 95.4 Å². The van der Waals surface area contributed by atoms with E-state index in [0.717, 1.165) is 58.1 Å². The number of aliphatic hydroxyl groups is 3. The van der Waals surface area contributed by atoms with Gasteiger partial charge in [0.15, 0.2) is 17.7 Å². The molecule has 2 aromatic heterocycles. The van der Waals surface area contributed by atoms with Gasteiger partial charge in [0.2, 0.25) is 0 Å². The fourth-order valence-corrected chi connectivity index (χ4v) is 7.55. The van der Waals surface area contributed by atoms with E-state index in [1.807, 2.05) is 66.3 Å². The van der Waals surface area contributed by atoms with Gasteiger partial charge in [-0.25, -0.2) is 0 Å². The number of benzene rings is 3. The number of fused-ring (bicyclic) bond motifs is 5. The van der Waals surface area contributed by atoms with Gasteiger partial charge < -0.3 is 40.1 Å². The van der Waals surface area contributed by atoms with E-state index in [4.69, 9.17) is 15.2 Å². The second-order valence-corrected chi connectivity index (χ2v) is 14.9. The molecule has 0 saturated carbocycles. The maximum Gasteiger partial charge on any atom is 0.190 e. The molecule has 0 saturated heterocycles. The van der Waals surface area contributed by atoms with Gasteiger partial charge >= 0.3 is 0 Å². The number of aryl methyl sites for hydroxylation is 1. The molecule has 0 radical (unpaired) electrons. The number of H-pyrrole nitrogens is 1. The van der Waals surface area contributed by atoms with Crippen molar-refractivity contribution in [2.24, 2.45) is 11.7 Å². The molecule has 5 aromatic rings. The lowest BCUT2D eigenvalue weighted by atomic mass is 9.93. The van der Waals surface area contributed by atoms with E-state index in [9.17, 15) is 20.1 Å². The van der Waals surface area contributed by atoms with Crippen molar-refractivity contribution in [1.82, 2.24) is 14.9 Å². The molecule has 6 atom stereocenters. The zero-order valence-electron chi connectivity index (χ0n) is 31.7. The minimum atomic E-state index is -1.06. The van der Waals surface area contributed by atoms with E-state index in [0.29, 0.717) is 37.2 Å². The van der Waals surface area contributed by atoms with Crippen molar-refractivity contribution in [1.29, 1.82) is 0 Å². The summed E-state index contributed by atoms with van der Waals surface area (Å²) in [6, 6.07) is 21.8. The lowest BCUT2D eigenvalue weighted by Crippen LogP contribution is -2.30. The Kier molecular flexibility index (Phi) is 12.6. The number of carbonyl (C=O) groups is 1. The predicted octanol–water partition coefficient (Wildman–Crippen LogP) is 6.14. The number of nitrogens with zero attached hydrogens (tertiary/aromatic N) is 1. The summed E-state index contributed by atoms with van der Waals surface area (Å²) in [6.07, 6.45) is 9.36. The molecule has 4 heterocycles. The smallest absolute Gasteiger partial charge is 0.190 e. The molecule has 7 N–H and O–H groups in total. The van der Waals surface area contributed by atoms with Crippen LogP contribution in [-0.2, 0) is 24.1 Å². The molecule has 6 unspecified atom stereocenters. The Bertz CT molecular complexity index is 2260. The first-order valence-corrected chi connectivity index (χ1v) is 19.6. The molecular weight excluding hydrogens is 705 g/mol.